The summed E-state index contributed by atoms with van der Waals surface area (Å²) in [6, 6.07) is 0.0857. The molecule has 2 aromatic heterocycles. The van der Waals surface area contributed by atoms with Crippen LogP contribution in [-0.4, -0.2) is 59.8 Å². The third-order valence-electron chi connectivity index (χ3n) is 3.93. The number of hydrogen-bond acceptors (Lipinski definition) is 6. The number of fused-ring (bicyclic) bond motifs is 1. The van der Waals surface area contributed by atoms with E-state index in [2.05, 4.69) is 15.0 Å². The van der Waals surface area contributed by atoms with Crippen LogP contribution in [0.4, 0.5) is 5.13 Å². The Bertz CT molecular complexity index is 711. The Morgan fingerprint density at radius 1 is 1.38 bits per heavy atom. The molecule has 0 radical (unpaired) electrons. The van der Waals surface area contributed by atoms with E-state index < -0.39 is 10.0 Å². The zero-order valence-corrected chi connectivity index (χ0v) is 14.0. The van der Waals surface area contributed by atoms with Crippen molar-refractivity contribution in [3.63, 3.8) is 0 Å². The van der Waals surface area contributed by atoms with Crippen LogP contribution in [0.15, 0.2) is 6.20 Å². The Labute approximate surface area is 128 Å². The third kappa shape index (κ3) is 2.90. The number of imidazole rings is 1. The van der Waals surface area contributed by atoms with Crippen molar-refractivity contribution in [1.29, 1.82) is 0 Å². The topological polar surface area (TPSA) is 70.8 Å². The first kappa shape index (κ1) is 14.7. The van der Waals surface area contributed by atoms with Crippen molar-refractivity contribution >= 4 is 31.5 Å². The molecule has 1 saturated heterocycles. The predicted octanol–water partition coefficient (Wildman–Crippen LogP) is 0.959. The average molecular weight is 329 g/mol. The molecule has 1 aliphatic heterocycles. The molecule has 0 spiro atoms. The second kappa shape index (κ2) is 5.22. The highest BCUT2D eigenvalue weighted by Crippen LogP contribution is 2.27. The van der Waals surface area contributed by atoms with Crippen LogP contribution >= 0.6 is 11.3 Å². The maximum Gasteiger partial charge on any atom is 0.214 e. The fraction of sp³-hybridized carbons (Fsp3) is 0.667. The summed E-state index contributed by atoms with van der Waals surface area (Å²) in [6.07, 6.45) is 4.83. The van der Waals surface area contributed by atoms with Crippen molar-refractivity contribution in [3.05, 3.63) is 11.9 Å². The molecule has 7 nitrogen and oxygen atoms in total. The zero-order valence-electron chi connectivity index (χ0n) is 12.4. The van der Waals surface area contributed by atoms with E-state index in [0.29, 0.717) is 0 Å². The lowest BCUT2D eigenvalue weighted by Crippen LogP contribution is -2.45. The van der Waals surface area contributed by atoms with Crippen molar-refractivity contribution in [1.82, 2.24) is 18.9 Å². The first-order valence-corrected chi connectivity index (χ1v) is 9.52. The smallest absolute Gasteiger partial charge is 0.214 e. The van der Waals surface area contributed by atoms with Gasteiger partial charge in [0.2, 0.25) is 20.1 Å². The number of rotatable bonds is 3. The minimum Gasteiger partial charge on any atom is -0.347 e. The number of aryl methyl sites for hydroxylation is 1. The van der Waals surface area contributed by atoms with Crippen LogP contribution in [0.25, 0.3) is 4.96 Å². The van der Waals surface area contributed by atoms with Gasteiger partial charge < -0.3 is 4.90 Å². The summed E-state index contributed by atoms with van der Waals surface area (Å²) < 4.78 is 26.5. The van der Waals surface area contributed by atoms with Gasteiger partial charge in [-0.3, -0.25) is 0 Å². The molecule has 0 aliphatic carbocycles. The van der Waals surface area contributed by atoms with Crippen LogP contribution in [0.5, 0.6) is 0 Å². The van der Waals surface area contributed by atoms with E-state index in [0.717, 1.165) is 41.7 Å². The van der Waals surface area contributed by atoms with Gasteiger partial charge in [0, 0.05) is 26.2 Å². The molecule has 3 rings (SSSR count). The molecule has 1 aliphatic rings. The normalized spacial score (nSPS) is 18.0. The Balaban J connectivity index is 1.69. The summed E-state index contributed by atoms with van der Waals surface area (Å²) in [6.45, 7) is 3.59. The molecule has 1 fully saturated rings. The Kier molecular flexibility index (Phi) is 3.66. The van der Waals surface area contributed by atoms with Crippen LogP contribution in [-0.2, 0) is 10.0 Å². The van der Waals surface area contributed by atoms with Crippen molar-refractivity contribution in [2.45, 2.75) is 25.8 Å². The van der Waals surface area contributed by atoms with Crippen LogP contribution in [0, 0.1) is 6.92 Å². The van der Waals surface area contributed by atoms with Gasteiger partial charge in [-0.1, -0.05) is 11.3 Å². The maximum atomic E-state index is 11.6. The number of piperidine rings is 1. The van der Waals surface area contributed by atoms with Gasteiger partial charge in [-0.25, -0.2) is 22.2 Å². The quantitative estimate of drug-likeness (QED) is 0.839. The summed E-state index contributed by atoms with van der Waals surface area (Å²) in [5, 5.41) is 5.50. The Hall–Kier alpha value is -1.19. The maximum absolute atomic E-state index is 11.6. The monoisotopic (exact) mass is 329 g/mol. The lowest BCUT2D eigenvalue weighted by Gasteiger charge is -2.35. The molecular weight excluding hydrogens is 310 g/mol. The van der Waals surface area contributed by atoms with Crippen LogP contribution in [0.1, 0.15) is 18.5 Å². The van der Waals surface area contributed by atoms with E-state index in [1.165, 1.54) is 10.6 Å². The molecule has 3 heterocycles. The van der Waals surface area contributed by atoms with Gasteiger partial charge in [-0.2, -0.15) is 0 Å². The summed E-state index contributed by atoms with van der Waals surface area (Å²) in [7, 11) is -1.45. The summed E-state index contributed by atoms with van der Waals surface area (Å²) in [5.41, 5.74) is 0.966. The third-order valence-corrected chi connectivity index (χ3v) is 6.25. The van der Waals surface area contributed by atoms with E-state index >= 15 is 0 Å². The van der Waals surface area contributed by atoms with E-state index in [9.17, 15) is 8.42 Å². The molecule has 9 heteroatoms. The molecule has 0 N–H and O–H groups in total. The average Bonchev–Trinajstić information content (AvgIpc) is 2.94. The highest BCUT2D eigenvalue weighted by atomic mass is 32.2. The molecule has 21 heavy (non-hydrogen) atoms. The van der Waals surface area contributed by atoms with Gasteiger partial charge >= 0.3 is 0 Å². The highest BCUT2D eigenvalue weighted by Gasteiger charge is 2.28. The summed E-state index contributed by atoms with van der Waals surface area (Å²) in [4.78, 5) is 7.52. The van der Waals surface area contributed by atoms with Gasteiger partial charge in [0.1, 0.15) is 0 Å². The molecule has 0 aromatic carbocycles. The van der Waals surface area contributed by atoms with Crippen LogP contribution < -0.4 is 4.90 Å². The fourth-order valence-electron chi connectivity index (χ4n) is 2.62. The fourth-order valence-corrected chi connectivity index (χ4v) is 4.35. The number of hydrogen-bond donors (Lipinski definition) is 0. The van der Waals surface area contributed by atoms with Gasteiger partial charge in [0.25, 0.3) is 0 Å². The number of anilines is 1. The predicted molar refractivity (Wildman–Crippen MR) is 83.4 cm³/mol. The highest BCUT2D eigenvalue weighted by molar-refractivity contribution is 7.88. The second-order valence-electron chi connectivity index (χ2n) is 5.49. The van der Waals surface area contributed by atoms with Crippen molar-refractivity contribution in [2.24, 2.45) is 0 Å². The van der Waals surface area contributed by atoms with Crippen LogP contribution in [0.2, 0.25) is 0 Å². The van der Waals surface area contributed by atoms with Gasteiger partial charge in [0.15, 0.2) is 0 Å². The molecule has 2 aromatic rings. The standard InChI is InChI=1S/C12H19N5O2S2/c1-9-8-17-11(13-9)20-12(14-17)16-6-4-10(5-7-16)15(2)21(3,18)19/h8,10H,4-7H2,1-3H3. The molecule has 0 unspecified atom stereocenters. The minimum absolute atomic E-state index is 0.0857. The number of nitrogens with zero attached hydrogens (tertiary/aromatic N) is 5. The van der Waals surface area contributed by atoms with E-state index in [4.69, 9.17) is 0 Å². The molecule has 0 saturated carbocycles. The SMILES string of the molecule is Cc1cn2nc(N3CCC(N(C)S(C)(=O)=O)CC3)sc2n1. The number of aromatic nitrogens is 3. The van der Waals surface area contributed by atoms with Crippen molar-refractivity contribution < 1.29 is 8.42 Å². The van der Waals surface area contributed by atoms with E-state index in [1.54, 1.807) is 18.4 Å². The molecule has 116 valence electrons. The lowest BCUT2D eigenvalue weighted by atomic mass is 10.1. The van der Waals surface area contributed by atoms with Gasteiger partial charge in [-0.05, 0) is 19.8 Å². The molecular formula is C12H19N5O2S2. The largest absolute Gasteiger partial charge is 0.347 e. The Morgan fingerprint density at radius 2 is 2.05 bits per heavy atom. The molecule has 0 atom stereocenters. The van der Waals surface area contributed by atoms with Crippen molar-refractivity contribution in [2.75, 3.05) is 31.3 Å². The summed E-state index contributed by atoms with van der Waals surface area (Å²) >= 11 is 1.57. The second-order valence-corrected chi connectivity index (χ2v) is 8.47. The summed E-state index contributed by atoms with van der Waals surface area (Å²) in [5.74, 6) is 0. The van der Waals surface area contributed by atoms with E-state index in [1.807, 2.05) is 17.6 Å². The zero-order chi connectivity index (χ0) is 15.2. The number of sulfonamides is 1. The first-order chi connectivity index (χ1) is 9.84. The molecule has 0 bridgehead atoms. The molecule has 0 amide bonds. The van der Waals surface area contributed by atoms with Gasteiger partial charge in [0.05, 0.1) is 18.1 Å². The van der Waals surface area contributed by atoms with Crippen LogP contribution in [0.3, 0.4) is 0 Å². The minimum atomic E-state index is -3.11. The Morgan fingerprint density at radius 3 is 2.62 bits per heavy atom. The van der Waals surface area contributed by atoms with Gasteiger partial charge in [-0.15, -0.1) is 5.10 Å². The lowest BCUT2D eigenvalue weighted by molar-refractivity contribution is 0.313. The first-order valence-electron chi connectivity index (χ1n) is 6.85. The van der Waals surface area contributed by atoms with E-state index in [-0.39, 0.29) is 6.04 Å². The van der Waals surface area contributed by atoms with Crippen molar-refractivity contribution in [3.8, 4) is 0 Å².